The van der Waals surface area contributed by atoms with Gasteiger partial charge in [-0.1, -0.05) is 60.4 Å². The highest BCUT2D eigenvalue weighted by atomic mass is 35.5. The quantitative estimate of drug-likeness (QED) is 0.320. The molecule has 0 aliphatic carbocycles. The third-order valence-corrected chi connectivity index (χ3v) is 6.85. The molecule has 1 aliphatic heterocycles. The molecule has 1 aromatic carbocycles. The number of amides is 2. The fourth-order valence-electron chi connectivity index (χ4n) is 4.52. The number of rotatable bonds is 11. The van der Waals surface area contributed by atoms with Crippen LogP contribution in [-0.2, 0) is 16.1 Å². The molecule has 38 heavy (non-hydrogen) atoms. The number of nitrogens with zero attached hydrogens (tertiary/aromatic N) is 3. The molecule has 0 saturated heterocycles. The maximum absolute atomic E-state index is 13.6. The lowest BCUT2D eigenvalue weighted by molar-refractivity contribution is -0.144. The van der Waals surface area contributed by atoms with Crippen molar-refractivity contribution in [2.24, 2.45) is 11.1 Å². The molecule has 3 rings (SSSR count). The topological polar surface area (TPSA) is 138 Å². The summed E-state index contributed by atoms with van der Waals surface area (Å²) in [5, 5.41) is 34.1. The van der Waals surface area contributed by atoms with Crippen molar-refractivity contribution >= 4 is 36.2 Å². The van der Waals surface area contributed by atoms with E-state index in [2.05, 4.69) is 20.9 Å². The van der Waals surface area contributed by atoms with Crippen LogP contribution in [0.4, 0.5) is 0 Å². The van der Waals surface area contributed by atoms with E-state index < -0.39 is 30.5 Å². The number of benzene rings is 1. The standard InChI is InChI=1S/C26H37BClN5O5/c1-15(2)10-21(27(36)37)30-25(35)26(12-19-9-7-8-17(5)11-19)13-20(32-38-26)14-29-24(34)23-22(28)18(6)31-33(23)16(3)4/h7-9,11,15-16,21,36-37H,10,12-14H2,1-6H3,(H,29,34)(H,30,35). The van der Waals surface area contributed by atoms with Crippen LogP contribution in [0, 0.1) is 19.8 Å². The zero-order valence-electron chi connectivity index (χ0n) is 22.8. The number of carbonyl (C=O) groups excluding carboxylic acids is 2. The van der Waals surface area contributed by atoms with Crippen LogP contribution >= 0.6 is 11.6 Å². The largest absolute Gasteiger partial charge is 0.475 e. The van der Waals surface area contributed by atoms with E-state index in [0.717, 1.165) is 11.1 Å². The van der Waals surface area contributed by atoms with Gasteiger partial charge in [0, 0.05) is 18.9 Å². The summed E-state index contributed by atoms with van der Waals surface area (Å²) in [6, 6.07) is 7.64. The van der Waals surface area contributed by atoms with Crippen LogP contribution < -0.4 is 10.6 Å². The highest BCUT2D eigenvalue weighted by molar-refractivity contribution is 6.43. The molecule has 2 unspecified atom stereocenters. The summed E-state index contributed by atoms with van der Waals surface area (Å²) in [6.07, 6.45) is 0.694. The van der Waals surface area contributed by atoms with Gasteiger partial charge in [-0.05, 0) is 45.6 Å². The molecule has 0 spiro atoms. The first-order valence-corrected chi connectivity index (χ1v) is 13.2. The minimum Gasteiger partial charge on any atom is -0.426 e. The minimum atomic E-state index is -1.72. The van der Waals surface area contributed by atoms with Crippen LogP contribution in [0.5, 0.6) is 0 Å². The molecule has 2 amide bonds. The Kier molecular flexibility index (Phi) is 9.62. The molecule has 1 aliphatic rings. The summed E-state index contributed by atoms with van der Waals surface area (Å²) < 4.78 is 1.57. The van der Waals surface area contributed by atoms with E-state index in [4.69, 9.17) is 16.4 Å². The molecule has 0 fully saturated rings. The second kappa shape index (κ2) is 12.3. The van der Waals surface area contributed by atoms with Crippen molar-refractivity contribution < 1.29 is 24.5 Å². The molecular formula is C26H37BClN5O5. The maximum atomic E-state index is 13.6. The SMILES string of the molecule is Cc1cccc(CC2(C(=O)NC(CC(C)C)B(O)O)CC(CNC(=O)c3c(Cl)c(C)nn3C(C)C)=NO2)c1. The van der Waals surface area contributed by atoms with Crippen molar-refractivity contribution in [1.82, 2.24) is 20.4 Å². The molecular weight excluding hydrogens is 509 g/mol. The average Bonchev–Trinajstić information content (AvgIpc) is 3.38. The summed E-state index contributed by atoms with van der Waals surface area (Å²) in [7, 11) is -1.72. The summed E-state index contributed by atoms with van der Waals surface area (Å²) in [4.78, 5) is 32.4. The number of hydrogen-bond donors (Lipinski definition) is 4. The summed E-state index contributed by atoms with van der Waals surface area (Å²) in [6.45, 7) is 11.4. The first-order valence-electron chi connectivity index (χ1n) is 12.8. The number of nitrogens with one attached hydrogen (secondary N) is 2. The van der Waals surface area contributed by atoms with Gasteiger partial charge in [0.05, 0.1) is 28.9 Å². The predicted octanol–water partition coefficient (Wildman–Crippen LogP) is 2.76. The maximum Gasteiger partial charge on any atom is 0.475 e. The molecule has 4 N–H and O–H groups in total. The Bertz CT molecular complexity index is 1200. The van der Waals surface area contributed by atoms with Crippen molar-refractivity contribution in [1.29, 1.82) is 0 Å². The fourth-order valence-corrected chi connectivity index (χ4v) is 4.73. The van der Waals surface area contributed by atoms with Crippen LogP contribution in [-0.4, -0.2) is 62.6 Å². The molecule has 206 valence electrons. The molecule has 2 atom stereocenters. The zero-order valence-corrected chi connectivity index (χ0v) is 23.5. The normalized spacial score (nSPS) is 17.8. The number of oxime groups is 1. The van der Waals surface area contributed by atoms with E-state index in [1.807, 2.05) is 58.9 Å². The van der Waals surface area contributed by atoms with E-state index in [9.17, 15) is 19.6 Å². The van der Waals surface area contributed by atoms with E-state index in [0.29, 0.717) is 17.8 Å². The van der Waals surface area contributed by atoms with Gasteiger partial charge in [0.2, 0.25) is 5.60 Å². The Hall–Kier alpha value is -2.89. The highest BCUT2D eigenvalue weighted by Gasteiger charge is 2.48. The van der Waals surface area contributed by atoms with Crippen molar-refractivity contribution in [3.05, 3.63) is 51.8 Å². The van der Waals surface area contributed by atoms with Gasteiger partial charge in [-0.25, -0.2) is 0 Å². The average molecular weight is 546 g/mol. The number of carbonyl (C=O) groups is 2. The molecule has 0 saturated carbocycles. The molecule has 1 aromatic heterocycles. The van der Waals surface area contributed by atoms with Crippen molar-refractivity contribution in [3.63, 3.8) is 0 Å². The Labute approximate surface area is 228 Å². The molecule has 0 bridgehead atoms. The molecule has 0 radical (unpaired) electrons. The van der Waals surface area contributed by atoms with Gasteiger partial charge in [-0.3, -0.25) is 14.3 Å². The lowest BCUT2D eigenvalue weighted by Gasteiger charge is -2.29. The van der Waals surface area contributed by atoms with E-state index in [1.165, 1.54) is 0 Å². The molecule has 10 nitrogen and oxygen atoms in total. The Morgan fingerprint density at radius 3 is 2.55 bits per heavy atom. The van der Waals surface area contributed by atoms with E-state index in [-0.39, 0.29) is 42.1 Å². The van der Waals surface area contributed by atoms with Crippen LogP contribution in [0.2, 0.25) is 5.02 Å². The van der Waals surface area contributed by atoms with Gasteiger partial charge >= 0.3 is 7.12 Å². The summed E-state index contributed by atoms with van der Waals surface area (Å²) in [5.74, 6) is -1.66. The van der Waals surface area contributed by atoms with Crippen LogP contribution in [0.25, 0.3) is 0 Å². The van der Waals surface area contributed by atoms with Gasteiger partial charge < -0.3 is 25.5 Å². The number of aryl methyl sites for hydroxylation is 2. The fraction of sp³-hybridized carbons (Fsp3) is 0.538. The lowest BCUT2D eigenvalue weighted by Crippen LogP contribution is -2.56. The van der Waals surface area contributed by atoms with Crippen LogP contribution in [0.1, 0.15) is 73.9 Å². The summed E-state index contributed by atoms with van der Waals surface area (Å²) >= 11 is 6.36. The Morgan fingerprint density at radius 2 is 1.95 bits per heavy atom. The first-order chi connectivity index (χ1) is 17.8. The monoisotopic (exact) mass is 545 g/mol. The molecule has 12 heteroatoms. The van der Waals surface area contributed by atoms with Gasteiger partial charge in [0.1, 0.15) is 5.69 Å². The highest BCUT2D eigenvalue weighted by Crippen LogP contribution is 2.30. The number of halogens is 1. The number of aromatic nitrogens is 2. The molecule has 2 heterocycles. The van der Waals surface area contributed by atoms with Crippen LogP contribution in [0.15, 0.2) is 29.4 Å². The second-order valence-corrected chi connectivity index (χ2v) is 11.1. The van der Waals surface area contributed by atoms with Gasteiger partial charge in [0.25, 0.3) is 11.8 Å². The third kappa shape index (κ3) is 6.95. The number of hydrogen-bond acceptors (Lipinski definition) is 7. The van der Waals surface area contributed by atoms with Crippen LogP contribution in [0.3, 0.4) is 0 Å². The van der Waals surface area contributed by atoms with Crippen molar-refractivity contribution in [3.8, 4) is 0 Å². The minimum absolute atomic E-state index is 0.0401. The van der Waals surface area contributed by atoms with Gasteiger partial charge in [-0.2, -0.15) is 5.10 Å². The molecule has 2 aromatic rings. The lowest BCUT2D eigenvalue weighted by atomic mass is 9.74. The van der Waals surface area contributed by atoms with E-state index in [1.54, 1.807) is 11.6 Å². The Morgan fingerprint density at radius 1 is 1.24 bits per heavy atom. The van der Waals surface area contributed by atoms with Crippen molar-refractivity contribution in [2.75, 3.05) is 6.54 Å². The Balaban J connectivity index is 1.79. The van der Waals surface area contributed by atoms with Crippen molar-refractivity contribution in [2.45, 2.75) is 78.4 Å². The third-order valence-electron chi connectivity index (χ3n) is 6.40. The summed E-state index contributed by atoms with van der Waals surface area (Å²) in [5.41, 5.74) is 1.77. The smallest absolute Gasteiger partial charge is 0.426 e. The van der Waals surface area contributed by atoms with Gasteiger partial charge in [-0.15, -0.1) is 0 Å². The van der Waals surface area contributed by atoms with Gasteiger partial charge in [0.15, 0.2) is 0 Å². The van der Waals surface area contributed by atoms with E-state index >= 15 is 0 Å². The second-order valence-electron chi connectivity index (χ2n) is 10.7. The first kappa shape index (κ1) is 29.7. The predicted molar refractivity (Wildman–Crippen MR) is 147 cm³/mol. The zero-order chi connectivity index (χ0) is 28.2.